The number of hydrogen-bond acceptors (Lipinski definition) is 2. The highest BCUT2D eigenvalue weighted by Gasteiger charge is 2.24. The van der Waals surface area contributed by atoms with Gasteiger partial charge in [0.1, 0.15) is 0 Å². The molecular formula is C18H23NO. The van der Waals surface area contributed by atoms with Crippen LogP contribution in [0.25, 0.3) is 0 Å². The molecule has 2 nitrogen and oxygen atoms in total. The Bertz CT molecular complexity index is 554. The summed E-state index contributed by atoms with van der Waals surface area (Å²) in [6.45, 7) is 6.61. The van der Waals surface area contributed by atoms with Crippen molar-refractivity contribution in [2.45, 2.75) is 32.8 Å². The van der Waals surface area contributed by atoms with Crippen LogP contribution in [-0.2, 0) is 0 Å². The summed E-state index contributed by atoms with van der Waals surface area (Å²) in [6.07, 6.45) is -0.567. The van der Waals surface area contributed by atoms with Crippen molar-refractivity contribution in [1.82, 2.24) is 0 Å². The molecule has 0 aromatic heterocycles. The Balaban J connectivity index is 2.42. The van der Waals surface area contributed by atoms with E-state index in [0.717, 1.165) is 22.3 Å². The van der Waals surface area contributed by atoms with Gasteiger partial charge in [-0.15, -0.1) is 0 Å². The van der Waals surface area contributed by atoms with Crippen LogP contribution in [0.1, 0.15) is 39.8 Å². The van der Waals surface area contributed by atoms with Crippen LogP contribution in [0.3, 0.4) is 0 Å². The van der Waals surface area contributed by atoms with Gasteiger partial charge in [0.15, 0.2) is 0 Å². The van der Waals surface area contributed by atoms with Crippen LogP contribution in [0.5, 0.6) is 0 Å². The predicted octanol–water partition coefficient (Wildman–Crippen LogP) is 3.39. The summed E-state index contributed by atoms with van der Waals surface area (Å²) in [5.41, 5.74) is 11.5. The number of aliphatic hydroxyl groups is 1. The molecule has 0 bridgehead atoms. The van der Waals surface area contributed by atoms with E-state index >= 15 is 0 Å². The lowest BCUT2D eigenvalue weighted by molar-refractivity contribution is 0.146. The smallest absolute Gasteiger partial charge is 0.0875 e. The molecule has 20 heavy (non-hydrogen) atoms. The molecule has 2 heteroatoms. The standard InChI is InChI=1S/C18H23NO/c1-12-9-13(2)17(14(3)10-12)18(20)16(11-19)15-7-5-4-6-8-15/h4-10,16,18,20H,11,19H2,1-3H3/t16-,18+/m1/s1. The fourth-order valence-corrected chi connectivity index (χ4v) is 3.01. The summed E-state index contributed by atoms with van der Waals surface area (Å²) in [6, 6.07) is 14.2. The third kappa shape index (κ3) is 2.92. The van der Waals surface area contributed by atoms with Crippen molar-refractivity contribution in [1.29, 1.82) is 0 Å². The lowest BCUT2D eigenvalue weighted by Gasteiger charge is -2.25. The molecule has 0 fully saturated rings. The molecule has 3 N–H and O–H groups in total. The first kappa shape index (κ1) is 14.8. The highest BCUT2D eigenvalue weighted by Crippen LogP contribution is 2.34. The molecule has 0 amide bonds. The maximum atomic E-state index is 10.8. The van der Waals surface area contributed by atoms with Gasteiger partial charge in [-0.2, -0.15) is 0 Å². The van der Waals surface area contributed by atoms with E-state index in [9.17, 15) is 5.11 Å². The van der Waals surface area contributed by atoms with E-state index in [2.05, 4.69) is 32.9 Å². The fraction of sp³-hybridized carbons (Fsp3) is 0.333. The van der Waals surface area contributed by atoms with Gasteiger partial charge in [0.25, 0.3) is 0 Å². The van der Waals surface area contributed by atoms with E-state index in [1.165, 1.54) is 5.56 Å². The largest absolute Gasteiger partial charge is 0.388 e. The van der Waals surface area contributed by atoms with Gasteiger partial charge in [-0.3, -0.25) is 0 Å². The molecule has 0 spiro atoms. The number of aryl methyl sites for hydroxylation is 3. The van der Waals surface area contributed by atoms with Crippen LogP contribution >= 0.6 is 0 Å². The number of benzene rings is 2. The Morgan fingerprint density at radius 1 is 1.00 bits per heavy atom. The second kappa shape index (κ2) is 6.21. The van der Waals surface area contributed by atoms with E-state index in [0.29, 0.717) is 6.54 Å². The molecule has 0 heterocycles. The molecule has 0 saturated heterocycles. The third-order valence-corrected chi connectivity index (χ3v) is 3.90. The molecule has 2 aromatic carbocycles. The summed E-state index contributed by atoms with van der Waals surface area (Å²) in [5.74, 6) is -0.0729. The zero-order valence-corrected chi connectivity index (χ0v) is 12.4. The van der Waals surface area contributed by atoms with E-state index in [1.54, 1.807) is 0 Å². The molecule has 0 saturated carbocycles. The van der Waals surface area contributed by atoms with Crippen molar-refractivity contribution in [3.63, 3.8) is 0 Å². The zero-order chi connectivity index (χ0) is 14.7. The Kier molecular flexibility index (Phi) is 4.58. The van der Waals surface area contributed by atoms with Crippen molar-refractivity contribution in [3.05, 3.63) is 70.3 Å². The molecule has 2 aromatic rings. The van der Waals surface area contributed by atoms with Gasteiger partial charge in [-0.05, 0) is 43.0 Å². The average Bonchev–Trinajstić information content (AvgIpc) is 2.39. The normalized spacial score (nSPS) is 14.1. The molecule has 106 valence electrons. The number of rotatable bonds is 4. The molecule has 2 rings (SSSR count). The van der Waals surface area contributed by atoms with Crippen LogP contribution in [0, 0.1) is 20.8 Å². The SMILES string of the molecule is Cc1cc(C)c([C@@H](O)[C@H](CN)c2ccccc2)c(C)c1. The molecule has 0 unspecified atom stereocenters. The summed E-state index contributed by atoms with van der Waals surface area (Å²) in [5, 5.41) is 10.8. The van der Waals surface area contributed by atoms with E-state index in [4.69, 9.17) is 5.73 Å². The highest BCUT2D eigenvalue weighted by molar-refractivity contribution is 5.41. The lowest BCUT2D eigenvalue weighted by atomic mass is 9.85. The third-order valence-electron chi connectivity index (χ3n) is 3.90. The van der Waals surface area contributed by atoms with Crippen molar-refractivity contribution < 1.29 is 5.11 Å². The summed E-state index contributed by atoms with van der Waals surface area (Å²) in [4.78, 5) is 0. The first-order valence-electron chi connectivity index (χ1n) is 7.05. The number of nitrogens with two attached hydrogens (primary N) is 1. The monoisotopic (exact) mass is 269 g/mol. The first-order chi connectivity index (χ1) is 9.54. The van der Waals surface area contributed by atoms with Crippen molar-refractivity contribution in [2.24, 2.45) is 5.73 Å². The Labute approximate surface area is 121 Å². The van der Waals surface area contributed by atoms with Crippen LogP contribution in [0.15, 0.2) is 42.5 Å². The number of hydrogen-bond donors (Lipinski definition) is 2. The number of aliphatic hydroxyl groups excluding tert-OH is 1. The van der Waals surface area contributed by atoms with Crippen LogP contribution < -0.4 is 5.73 Å². The van der Waals surface area contributed by atoms with E-state index in [1.807, 2.05) is 30.3 Å². The molecule has 0 aliphatic rings. The minimum atomic E-state index is -0.567. The van der Waals surface area contributed by atoms with Gasteiger partial charge >= 0.3 is 0 Å². The maximum absolute atomic E-state index is 10.8. The van der Waals surface area contributed by atoms with Crippen LogP contribution in [0.4, 0.5) is 0 Å². The summed E-state index contributed by atoms with van der Waals surface area (Å²) >= 11 is 0. The van der Waals surface area contributed by atoms with Crippen molar-refractivity contribution >= 4 is 0 Å². The Hall–Kier alpha value is -1.64. The maximum Gasteiger partial charge on any atom is 0.0875 e. The first-order valence-corrected chi connectivity index (χ1v) is 7.05. The second-order valence-corrected chi connectivity index (χ2v) is 5.51. The van der Waals surface area contributed by atoms with Gasteiger partial charge in [0.2, 0.25) is 0 Å². The van der Waals surface area contributed by atoms with Crippen LogP contribution in [-0.4, -0.2) is 11.7 Å². The minimum Gasteiger partial charge on any atom is -0.388 e. The average molecular weight is 269 g/mol. The molecule has 0 aliphatic carbocycles. The van der Waals surface area contributed by atoms with Gasteiger partial charge in [0, 0.05) is 12.5 Å². The molecular weight excluding hydrogens is 246 g/mol. The summed E-state index contributed by atoms with van der Waals surface area (Å²) in [7, 11) is 0. The van der Waals surface area contributed by atoms with Gasteiger partial charge in [0.05, 0.1) is 6.10 Å². The predicted molar refractivity (Wildman–Crippen MR) is 83.9 cm³/mol. The van der Waals surface area contributed by atoms with Crippen molar-refractivity contribution in [3.8, 4) is 0 Å². The second-order valence-electron chi connectivity index (χ2n) is 5.51. The van der Waals surface area contributed by atoms with Crippen LogP contribution in [0.2, 0.25) is 0 Å². The van der Waals surface area contributed by atoms with Gasteiger partial charge in [-0.25, -0.2) is 0 Å². The highest BCUT2D eigenvalue weighted by atomic mass is 16.3. The molecule has 0 radical (unpaired) electrons. The summed E-state index contributed by atoms with van der Waals surface area (Å²) < 4.78 is 0. The quantitative estimate of drug-likeness (QED) is 0.893. The van der Waals surface area contributed by atoms with E-state index < -0.39 is 6.10 Å². The molecule has 2 atom stereocenters. The lowest BCUT2D eigenvalue weighted by Crippen LogP contribution is -2.21. The Morgan fingerprint density at radius 2 is 1.55 bits per heavy atom. The van der Waals surface area contributed by atoms with Crippen molar-refractivity contribution in [2.75, 3.05) is 6.54 Å². The zero-order valence-electron chi connectivity index (χ0n) is 12.4. The topological polar surface area (TPSA) is 46.2 Å². The van der Waals surface area contributed by atoms with Gasteiger partial charge < -0.3 is 10.8 Å². The van der Waals surface area contributed by atoms with E-state index in [-0.39, 0.29) is 5.92 Å². The Morgan fingerprint density at radius 3 is 2.05 bits per heavy atom. The molecule has 0 aliphatic heterocycles. The fourth-order valence-electron chi connectivity index (χ4n) is 3.01. The minimum absolute atomic E-state index is 0.0729. The van der Waals surface area contributed by atoms with Gasteiger partial charge in [-0.1, -0.05) is 48.0 Å².